The van der Waals surface area contributed by atoms with Gasteiger partial charge >= 0.3 is 0 Å². The van der Waals surface area contributed by atoms with Gasteiger partial charge in [0.1, 0.15) is 5.82 Å². The topological polar surface area (TPSA) is 15.3 Å². The predicted octanol–water partition coefficient (Wildman–Crippen LogP) is 3.57. The van der Waals surface area contributed by atoms with E-state index < -0.39 is 0 Å². The molecule has 1 aliphatic heterocycles. The van der Waals surface area contributed by atoms with Crippen molar-refractivity contribution in [1.29, 1.82) is 0 Å². The number of piperidine rings is 1. The van der Waals surface area contributed by atoms with Crippen LogP contribution in [0.2, 0.25) is 0 Å². The van der Waals surface area contributed by atoms with E-state index in [-0.39, 0.29) is 5.82 Å². The Kier molecular flexibility index (Phi) is 5.20. The average Bonchev–Trinajstić information content (AvgIpc) is 2.41. The van der Waals surface area contributed by atoms with Crippen molar-refractivity contribution >= 4 is 5.69 Å². The van der Waals surface area contributed by atoms with Crippen LogP contribution < -0.4 is 10.2 Å². The molecule has 1 aromatic carbocycles. The van der Waals surface area contributed by atoms with Gasteiger partial charge < -0.3 is 10.2 Å². The van der Waals surface area contributed by atoms with Crippen molar-refractivity contribution in [2.45, 2.75) is 51.6 Å². The summed E-state index contributed by atoms with van der Waals surface area (Å²) >= 11 is 0. The van der Waals surface area contributed by atoms with Crippen LogP contribution in [0.4, 0.5) is 10.1 Å². The normalized spacial score (nSPS) is 21.1. The molecule has 2 unspecified atom stereocenters. The van der Waals surface area contributed by atoms with Gasteiger partial charge in [-0.3, -0.25) is 0 Å². The number of hydrogen-bond acceptors (Lipinski definition) is 2. The smallest absolute Gasteiger partial charge is 0.125 e. The van der Waals surface area contributed by atoms with Gasteiger partial charge in [0, 0.05) is 24.3 Å². The van der Waals surface area contributed by atoms with Gasteiger partial charge in [-0.05, 0) is 57.9 Å². The summed E-state index contributed by atoms with van der Waals surface area (Å²) in [6.07, 6.45) is 5.03. The van der Waals surface area contributed by atoms with Crippen LogP contribution in [0, 0.1) is 5.82 Å². The van der Waals surface area contributed by atoms with E-state index in [0.29, 0.717) is 12.1 Å². The Morgan fingerprint density at radius 1 is 1.42 bits per heavy atom. The third-order valence-electron chi connectivity index (χ3n) is 4.05. The van der Waals surface area contributed by atoms with Gasteiger partial charge in [0.2, 0.25) is 0 Å². The van der Waals surface area contributed by atoms with E-state index in [0.717, 1.165) is 25.2 Å². The second-order valence-electron chi connectivity index (χ2n) is 5.50. The minimum absolute atomic E-state index is 0.154. The molecule has 1 aromatic rings. The SMILES string of the molecule is CCN(c1cccc(F)c1)C(C)CC1CCCCN1. The van der Waals surface area contributed by atoms with E-state index in [1.807, 2.05) is 6.07 Å². The molecule has 1 heterocycles. The average molecular weight is 264 g/mol. The number of benzene rings is 1. The molecule has 0 amide bonds. The van der Waals surface area contributed by atoms with Gasteiger partial charge in [-0.2, -0.15) is 0 Å². The highest BCUT2D eigenvalue weighted by Crippen LogP contribution is 2.22. The van der Waals surface area contributed by atoms with E-state index in [9.17, 15) is 4.39 Å². The third-order valence-corrected chi connectivity index (χ3v) is 4.05. The van der Waals surface area contributed by atoms with Crippen molar-refractivity contribution in [3.8, 4) is 0 Å². The van der Waals surface area contributed by atoms with Crippen LogP contribution in [0.15, 0.2) is 24.3 Å². The molecular weight excluding hydrogens is 239 g/mol. The van der Waals surface area contributed by atoms with Crippen LogP contribution in [0.3, 0.4) is 0 Å². The number of hydrogen-bond donors (Lipinski definition) is 1. The lowest BCUT2D eigenvalue weighted by Crippen LogP contribution is -2.42. The summed E-state index contributed by atoms with van der Waals surface area (Å²) in [5, 5.41) is 3.59. The third kappa shape index (κ3) is 3.93. The first-order valence-electron chi connectivity index (χ1n) is 7.46. The Morgan fingerprint density at radius 2 is 2.26 bits per heavy atom. The van der Waals surface area contributed by atoms with Crippen molar-refractivity contribution < 1.29 is 4.39 Å². The lowest BCUT2D eigenvalue weighted by Gasteiger charge is -2.34. The fourth-order valence-corrected chi connectivity index (χ4v) is 3.07. The number of nitrogens with one attached hydrogen (secondary N) is 1. The molecule has 2 atom stereocenters. The van der Waals surface area contributed by atoms with Crippen LogP contribution in [-0.4, -0.2) is 25.2 Å². The quantitative estimate of drug-likeness (QED) is 0.874. The Labute approximate surface area is 116 Å². The Hall–Kier alpha value is -1.09. The lowest BCUT2D eigenvalue weighted by atomic mass is 9.98. The molecule has 106 valence electrons. The zero-order chi connectivity index (χ0) is 13.7. The van der Waals surface area contributed by atoms with Crippen LogP contribution in [0.25, 0.3) is 0 Å². The predicted molar refractivity (Wildman–Crippen MR) is 79.1 cm³/mol. The first kappa shape index (κ1) is 14.3. The first-order chi connectivity index (χ1) is 9.20. The molecule has 1 saturated heterocycles. The molecule has 0 saturated carbocycles. The molecule has 0 spiro atoms. The largest absolute Gasteiger partial charge is 0.369 e. The summed E-state index contributed by atoms with van der Waals surface area (Å²) in [6, 6.07) is 7.98. The van der Waals surface area contributed by atoms with E-state index >= 15 is 0 Å². The highest BCUT2D eigenvalue weighted by atomic mass is 19.1. The summed E-state index contributed by atoms with van der Waals surface area (Å²) in [6.45, 7) is 6.43. The van der Waals surface area contributed by atoms with Crippen LogP contribution in [0.5, 0.6) is 0 Å². The standard InChI is InChI=1S/C16H25FN2/c1-3-19(16-9-6-7-14(17)12-16)13(2)11-15-8-4-5-10-18-15/h6-7,9,12-13,15,18H,3-5,8,10-11H2,1-2H3. The number of nitrogens with zero attached hydrogens (tertiary/aromatic N) is 1. The van der Waals surface area contributed by atoms with Gasteiger partial charge in [0.25, 0.3) is 0 Å². The minimum Gasteiger partial charge on any atom is -0.369 e. The number of rotatable bonds is 5. The highest BCUT2D eigenvalue weighted by molar-refractivity contribution is 5.47. The van der Waals surface area contributed by atoms with Gasteiger partial charge in [-0.1, -0.05) is 12.5 Å². The number of halogens is 1. The van der Waals surface area contributed by atoms with Crippen LogP contribution in [-0.2, 0) is 0 Å². The molecule has 19 heavy (non-hydrogen) atoms. The first-order valence-corrected chi connectivity index (χ1v) is 7.46. The van der Waals surface area contributed by atoms with Gasteiger partial charge in [-0.25, -0.2) is 4.39 Å². The fourth-order valence-electron chi connectivity index (χ4n) is 3.07. The van der Waals surface area contributed by atoms with Gasteiger partial charge in [-0.15, -0.1) is 0 Å². The van der Waals surface area contributed by atoms with Crippen LogP contribution in [0.1, 0.15) is 39.5 Å². The van der Waals surface area contributed by atoms with Gasteiger partial charge in [0.15, 0.2) is 0 Å². The summed E-state index contributed by atoms with van der Waals surface area (Å²) in [5.41, 5.74) is 0.991. The molecule has 2 rings (SSSR count). The molecule has 1 aliphatic rings. The lowest BCUT2D eigenvalue weighted by molar-refractivity contribution is 0.360. The zero-order valence-corrected chi connectivity index (χ0v) is 12.0. The van der Waals surface area contributed by atoms with Crippen molar-refractivity contribution in [3.05, 3.63) is 30.1 Å². The molecule has 3 heteroatoms. The van der Waals surface area contributed by atoms with E-state index in [4.69, 9.17) is 0 Å². The Morgan fingerprint density at radius 3 is 2.89 bits per heavy atom. The molecule has 1 fully saturated rings. The molecule has 1 N–H and O–H groups in total. The maximum atomic E-state index is 13.3. The molecular formula is C16H25FN2. The van der Waals surface area contributed by atoms with Crippen molar-refractivity contribution in [2.24, 2.45) is 0 Å². The summed E-state index contributed by atoms with van der Waals surface area (Å²) in [4.78, 5) is 2.29. The Balaban J connectivity index is 1.99. The molecule has 0 aliphatic carbocycles. The van der Waals surface area contributed by atoms with Crippen molar-refractivity contribution in [1.82, 2.24) is 5.32 Å². The fraction of sp³-hybridized carbons (Fsp3) is 0.625. The summed E-state index contributed by atoms with van der Waals surface area (Å²) < 4.78 is 13.3. The monoisotopic (exact) mass is 264 g/mol. The zero-order valence-electron chi connectivity index (χ0n) is 12.0. The van der Waals surface area contributed by atoms with Crippen molar-refractivity contribution in [2.75, 3.05) is 18.0 Å². The van der Waals surface area contributed by atoms with E-state index in [1.54, 1.807) is 12.1 Å². The van der Waals surface area contributed by atoms with Crippen molar-refractivity contribution in [3.63, 3.8) is 0 Å². The summed E-state index contributed by atoms with van der Waals surface area (Å²) in [5.74, 6) is -0.154. The maximum absolute atomic E-state index is 13.3. The Bertz CT molecular complexity index is 388. The second kappa shape index (κ2) is 6.90. The highest BCUT2D eigenvalue weighted by Gasteiger charge is 2.20. The van der Waals surface area contributed by atoms with Gasteiger partial charge in [0.05, 0.1) is 0 Å². The molecule has 0 bridgehead atoms. The number of anilines is 1. The maximum Gasteiger partial charge on any atom is 0.125 e. The second-order valence-corrected chi connectivity index (χ2v) is 5.50. The summed E-state index contributed by atoms with van der Waals surface area (Å²) in [7, 11) is 0. The molecule has 0 radical (unpaired) electrons. The molecule has 0 aromatic heterocycles. The van der Waals surface area contributed by atoms with E-state index in [2.05, 4.69) is 24.1 Å². The molecule has 2 nitrogen and oxygen atoms in total. The minimum atomic E-state index is -0.154. The van der Waals surface area contributed by atoms with Crippen LogP contribution >= 0.6 is 0 Å². The van der Waals surface area contributed by atoms with E-state index in [1.165, 1.54) is 25.3 Å².